The smallest absolute Gasteiger partial charge is 0.325 e. The third kappa shape index (κ3) is 4.05. The number of rotatable bonds is 7. The zero-order valence-electron chi connectivity index (χ0n) is 17.9. The molecule has 2 heterocycles. The molecule has 0 aromatic heterocycles. The number of hydrogen-bond donors (Lipinski definition) is 2. The molecule has 1 aromatic rings. The molecule has 1 aliphatic carbocycles. The predicted octanol–water partition coefficient (Wildman–Crippen LogP) is 0.375. The molecule has 1 saturated carbocycles. The van der Waals surface area contributed by atoms with Gasteiger partial charge in [0.05, 0.1) is 20.3 Å². The third-order valence-electron chi connectivity index (χ3n) is 6.03. The molecule has 4 rings (SSSR count). The number of nitrogens with zero attached hydrogens (tertiary/aromatic N) is 2. The molecule has 174 valence electrons. The van der Waals surface area contributed by atoms with E-state index in [2.05, 4.69) is 10.6 Å². The number of hydrogen-bond acceptors (Lipinski definition) is 7. The molecule has 32 heavy (non-hydrogen) atoms. The molecule has 3 fully saturated rings. The fourth-order valence-corrected chi connectivity index (χ4v) is 5.61. The van der Waals surface area contributed by atoms with Crippen molar-refractivity contribution >= 4 is 33.6 Å². The van der Waals surface area contributed by atoms with E-state index in [1.54, 1.807) is 6.92 Å². The van der Waals surface area contributed by atoms with E-state index >= 15 is 0 Å². The molecule has 11 nitrogen and oxygen atoms in total. The molecule has 12 heteroatoms. The summed E-state index contributed by atoms with van der Waals surface area (Å²) in [6.45, 7) is 2.23. The van der Waals surface area contributed by atoms with Crippen molar-refractivity contribution in [3.05, 3.63) is 18.2 Å². The van der Waals surface area contributed by atoms with Crippen molar-refractivity contribution in [1.82, 2.24) is 14.5 Å². The Kier molecular flexibility index (Phi) is 5.86. The van der Waals surface area contributed by atoms with Crippen molar-refractivity contribution in [1.29, 1.82) is 0 Å². The minimum absolute atomic E-state index is 0.0848. The second-order valence-electron chi connectivity index (χ2n) is 8.23. The molecular weight excluding hydrogens is 440 g/mol. The van der Waals surface area contributed by atoms with Gasteiger partial charge in [-0.2, -0.15) is 4.31 Å². The molecule has 4 amide bonds. The largest absolute Gasteiger partial charge is 0.495 e. The van der Waals surface area contributed by atoms with Crippen molar-refractivity contribution in [2.24, 2.45) is 5.92 Å². The first-order valence-corrected chi connectivity index (χ1v) is 11.8. The molecule has 0 bridgehead atoms. The number of carbonyl (C=O) groups is 3. The maximum atomic E-state index is 13.1. The summed E-state index contributed by atoms with van der Waals surface area (Å²) >= 11 is 0. The van der Waals surface area contributed by atoms with Crippen molar-refractivity contribution in [2.75, 3.05) is 45.3 Å². The van der Waals surface area contributed by atoms with E-state index in [0.717, 1.165) is 17.7 Å². The van der Waals surface area contributed by atoms with Gasteiger partial charge in [-0.15, -0.1) is 0 Å². The van der Waals surface area contributed by atoms with Gasteiger partial charge in [-0.3, -0.25) is 14.5 Å². The number of urea groups is 1. The van der Waals surface area contributed by atoms with Gasteiger partial charge in [0.2, 0.25) is 15.9 Å². The minimum Gasteiger partial charge on any atom is -0.495 e. The van der Waals surface area contributed by atoms with Gasteiger partial charge >= 0.3 is 6.03 Å². The van der Waals surface area contributed by atoms with Crippen LogP contribution >= 0.6 is 0 Å². The highest BCUT2D eigenvalue weighted by Crippen LogP contribution is 2.42. The van der Waals surface area contributed by atoms with E-state index in [4.69, 9.17) is 9.47 Å². The number of benzene rings is 1. The van der Waals surface area contributed by atoms with Crippen LogP contribution < -0.4 is 15.4 Å². The molecule has 2 saturated heterocycles. The van der Waals surface area contributed by atoms with E-state index in [9.17, 15) is 22.8 Å². The topological polar surface area (TPSA) is 134 Å². The lowest BCUT2D eigenvalue weighted by Crippen LogP contribution is -2.46. The van der Waals surface area contributed by atoms with Gasteiger partial charge < -0.3 is 20.1 Å². The minimum atomic E-state index is -3.87. The van der Waals surface area contributed by atoms with Crippen LogP contribution in [0.25, 0.3) is 0 Å². The fourth-order valence-electron chi connectivity index (χ4n) is 4.02. The maximum absolute atomic E-state index is 13.1. The Morgan fingerprint density at radius 3 is 2.59 bits per heavy atom. The van der Waals surface area contributed by atoms with E-state index in [0.29, 0.717) is 13.2 Å². The van der Waals surface area contributed by atoms with Gasteiger partial charge in [0, 0.05) is 18.8 Å². The first-order valence-electron chi connectivity index (χ1n) is 10.4. The molecule has 1 aromatic carbocycles. The van der Waals surface area contributed by atoms with Crippen LogP contribution in [0, 0.1) is 5.92 Å². The standard InChI is InChI=1S/C20H26N4O7S/c1-20(13-3-4-13)18(26)24(19(27)22-20)12-17(25)21-14-5-6-15(30-2)16(11-14)32(28,29)23-7-9-31-10-8-23/h5-6,11,13H,3-4,7-10,12H2,1-2H3,(H,21,25)(H,22,27)/t20-/m0/s1. The lowest BCUT2D eigenvalue weighted by molar-refractivity contribution is -0.134. The van der Waals surface area contributed by atoms with Gasteiger partial charge in [0.1, 0.15) is 22.7 Å². The second-order valence-corrected chi connectivity index (χ2v) is 10.1. The highest BCUT2D eigenvalue weighted by molar-refractivity contribution is 7.89. The first-order chi connectivity index (χ1) is 15.2. The van der Waals surface area contributed by atoms with Crippen molar-refractivity contribution in [2.45, 2.75) is 30.2 Å². The summed E-state index contributed by atoms with van der Waals surface area (Å²) in [5.41, 5.74) is -0.767. The Hall–Kier alpha value is -2.70. The van der Waals surface area contributed by atoms with Crippen LogP contribution in [0.15, 0.2) is 23.1 Å². The van der Waals surface area contributed by atoms with Crippen LogP contribution in [-0.2, 0) is 24.3 Å². The average Bonchev–Trinajstić information content (AvgIpc) is 3.60. The number of carbonyl (C=O) groups excluding carboxylic acids is 3. The summed E-state index contributed by atoms with van der Waals surface area (Å²) < 4.78 is 37.9. The van der Waals surface area contributed by atoms with Gasteiger partial charge in [0.25, 0.3) is 5.91 Å². The van der Waals surface area contributed by atoms with Crippen LogP contribution in [-0.4, -0.2) is 81.0 Å². The normalized spacial score (nSPS) is 24.4. The lowest BCUT2D eigenvalue weighted by Gasteiger charge is -2.27. The molecule has 0 radical (unpaired) electrons. The average molecular weight is 467 g/mol. The quantitative estimate of drug-likeness (QED) is 0.555. The monoisotopic (exact) mass is 466 g/mol. The van der Waals surface area contributed by atoms with Crippen molar-refractivity contribution in [3.63, 3.8) is 0 Å². The Labute approximate surface area is 186 Å². The number of imide groups is 1. The Balaban J connectivity index is 1.50. The Morgan fingerprint density at radius 2 is 1.97 bits per heavy atom. The van der Waals surface area contributed by atoms with Crippen LogP contribution in [0.1, 0.15) is 19.8 Å². The van der Waals surface area contributed by atoms with Gasteiger partial charge in [-0.05, 0) is 43.9 Å². The summed E-state index contributed by atoms with van der Waals surface area (Å²) in [6.07, 6.45) is 1.71. The number of methoxy groups -OCH3 is 1. The van der Waals surface area contributed by atoms with Gasteiger partial charge in [-0.1, -0.05) is 0 Å². The SMILES string of the molecule is COc1ccc(NC(=O)CN2C(=O)N[C@@](C)(C3CC3)C2=O)cc1S(=O)(=O)N1CCOCC1. The third-order valence-corrected chi connectivity index (χ3v) is 7.95. The van der Waals surface area contributed by atoms with E-state index in [1.807, 2.05) is 0 Å². The molecule has 2 N–H and O–H groups in total. The van der Waals surface area contributed by atoms with E-state index in [1.165, 1.54) is 29.6 Å². The number of morpholine rings is 1. The number of ether oxygens (including phenoxy) is 2. The summed E-state index contributed by atoms with van der Waals surface area (Å²) in [5.74, 6) is -0.816. The molecule has 1 atom stereocenters. The number of nitrogens with one attached hydrogen (secondary N) is 2. The molecule has 0 unspecified atom stereocenters. The summed E-state index contributed by atoms with van der Waals surface area (Å²) in [4.78, 5) is 38.4. The summed E-state index contributed by atoms with van der Waals surface area (Å²) in [7, 11) is -2.51. The van der Waals surface area contributed by atoms with Crippen molar-refractivity contribution < 1.29 is 32.3 Å². The highest BCUT2D eigenvalue weighted by Gasteiger charge is 2.56. The maximum Gasteiger partial charge on any atom is 0.325 e. The van der Waals surface area contributed by atoms with Gasteiger partial charge in [-0.25, -0.2) is 13.2 Å². The molecule has 2 aliphatic heterocycles. The summed E-state index contributed by atoms with van der Waals surface area (Å²) in [6, 6.07) is 3.64. The zero-order chi connectivity index (χ0) is 23.1. The van der Waals surface area contributed by atoms with Crippen LogP contribution in [0.5, 0.6) is 5.75 Å². The number of amides is 4. The molecule has 3 aliphatic rings. The zero-order valence-corrected chi connectivity index (χ0v) is 18.7. The Morgan fingerprint density at radius 1 is 1.28 bits per heavy atom. The van der Waals surface area contributed by atoms with E-state index < -0.39 is 40.0 Å². The Bertz CT molecular complexity index is 1050. The summed E-state index contributed by atoms with van der Waals surface area (Å²) in [5, 5.41) is 5.26. The fraction of sp³-hybridized carbons (Fsp3) is 0.550. The highest BCUT2D eigenvalue weighted by atomic mass is 32.2. The first kappa shape index (κ1) is 22.5. The number of sulfonamides is 1. The number of anilines is 1. The van der Waals surface area contributed by atoms with E-state index in [-0.39, 0.29) is 35.3 Å². The lowest BCUT2D eigenvalue weighted by atomic mass is 9.96. The molecule has 0 spiro atoms. The van der Waals surface area contributed by atoms with Crippen LogP contribution in [0.3, 0.4) is 0 Å². The van der Waals surface area contributed by atoms with Crippen LogP contribution in [0.2, 0.25) is 0 Å². The van der Waals surface area contributed by atoms with Gasteiger partial charge in [0.15, 0.2) is 0 Å². The second kappa shape index (κ2) is 8.34. The predicted molar refractivity (Wildman–Crippen MR) is 113 cm³/mol. The van der Waals surface area contributed by atoms with Crippen LogP contribution in [0.4, 0.5) is 10.5 Å². The van der Waals surface area contributed by atoms with Crippen molar-refractivity contribution in [3.8, 4) is 5.75 Å². The molecular formula is C20H26N4O7S.